The van der Waals surface area contributed by atoms with Crippen LogP contribution in [0.4, 0.5) is 0 Å². The standard InChI is InChI=1S/C12H13NO2S2/c1-8(13-14)12-11(15-6-7-16)9-4-2-3-5-10(9)17-12/h2-5,7-8,13-14H,6H2,1H3. The first-order valence-electron chi connectivity index (χ1n) is 5.25. The Bertz CT molecular complexity index is 524. The number of hydroxylamine groups is 1. The SMILES string of the molecule is CC(NO)c1sc2ccccc2c1OCC=S. The molecule has 1 unspecified atom stereocenters. The van der Waals surface area contributed by atoms with Crippen LogP contribution in [0.5, 0.6) is 5.75 Å². The van der Waals surface area contributed by atoms with Crippen molar-refractivity contribution in [3.05, 3.63) is 29.1 Å². The van der Waals surface area contributed by atoms with Crippen molar-refractivity contribution in [2.24, 2.45) is 0 Å². The predicted octanol–water partition coefficient (Wildman–Crippen LogP) is 3.32. The fourth-order valence-electron chi connectivity index (χ4n) is 1.65. The first kappa shape index (κ1) is 12.4. The van der Waals surface area contributed by atoms with Crippen molar-refractivity contribution in [1.82, 2.24) is 5.48 Å². The Morgan fingerprint density at radius 2 is 2.29 bits per heavy atom. The molecule has 2 N–H and O–H groups in total. The Hall–Kier alpha value is -1.01. The summed E-state index contributed by atoms with van der Waals surface area (Å²) in [7, 11) is 0. The molecule has 0 fully saturated rings. The van der Waals surface area contributed by atoms with Crippen LogP contribution in [0.25, 0.3) is 10.1 Å². The van der Waals surface area contributed by atoms with Gasteiger partial charge >= 0.3 is 0 Å². The maximum atomic E-state index is 9.04. The zero-order valence-electron chi connectivity index (χ0n) is 9.34. The molecule has 0 amide bonds. The molecule has 1 heterocycles. The maximum Gasteiger partial charge on any atom is 0.143 e. The van der Waals surface area contributed by atoms with E-state index in [2.05, 4.69) is 5.48 Å². The number of benzene rings is 1. The molecule has 0 spiro atoms. The van der Waals surface area contributed by atoms with Crippen LogP contribution < -0.4 is 10.2 Å². The molecule has 2 aromatic rings. The van der Waals surface area contributed by atoms with E-state index in [1.54, 1.807) is 16.7 Å². The Morgan fingerprint density at radius 3 is 3.00 bits per heavy atom. The van der Waals surface area contributed by atoms with Crippen LogP contribution in [0, 0.1) is 0 Å². The quantitative estimate of drug-likeness (QED) is 0.644. The predicted molar refractivity (Wildman–Crippen MR) is 74.3 cm³/mol. The number of hydrogen-bond acceptors (Lipinski definition) is 5. The van der Waals surface area contributed by atoms with Gasteiger partial charge in [-0.3, -0.25) is 0 Å². The van der Waals surface area contributed by atoms with Crippen molar-refractivity contribution in [2.75, 3.05) is 6.61 Å². The smallest absolute Gasteiger partial charge is 0.143 e. The van der Waals surface area contributed by atoms with Crippen LogP contribution >= 0.6 is 23.6 Å². The zero-order chi connectivity index (χ0) is 12.3. The molecule has 0 saturated carbocycles. The van der Waals surface area contributed by atoms with Crippen molar-refractivity contribution < 1.29 is 9.94 Å². The molecule has 0 aliphatic heterocycles. The summed E-state index contributed by atoms with van der Waals surface area (Å²) in [5.74, 6) is 0.806. The normalized spacial score (nSPS) is 12.6. The van der Waals surface area contributed by atoms with E-state index in [1.165, 1.54) is 0 Å². The van der Waals surface area contributed by atoms with E-state index < -0.39 is 0 Å². The summed E-state index contributed by atoms with van der Waals surface area (Å²) in [6.07, 6.45) is 0. The van der Waals surface area contributed by atoms with Gasteiger partial charge in [-0.25, -0.2) is 0 Å². The molecular formula is C12H13NO2S2. The number of nitrogens with one attached hydrogen (secondary N) is 1. The molecule has 0 saturated heterocycles. The van der Waals surface area contributed by atoms with Crippen LogP contribution in [0.2, 0.25) is 0 Å². The Morgan fingerprint density at radius 1 is 1.53 bits per heavy atom. The minimum absolute atomic E-state index is 0.160. The molecule has 2 rings (SSSR count). The van der Waals surface area contributed by atoms with E-state index >= 15 is 0 Å². The molecule has 0 bridgehead atoms. The molecule has 0 aliphatic rings. The summed E-state index contributed by atoms with van der Waals surface area (Å²) in [5, 5.41) is 11.6. The lowest BCUT2D eigenvalue weighted by Crippen LogP contribution is -2.13. The van der Waals surface area contributed by atoms with Gasteiger partial charge < -0.3 is 9.94 Å². The van der Waals surface area contributed by atoms with Crippen LogP contribution in [0.1, 0.15) is 17.8 Å². The summed E-state index contributed by atoms with van der Waals surface area (Å²) in [6.45, 7) is 2.27. The second kappa shape index (κ2) is 5.55. The van der Waals surface area contributed by atoms with Crippen molar-refractivity contribution >= 4 is 39.0 Å². The highest BCUT2D eigenvalue weighted by atomic mass is 32.1. The van der Waals surface area contributed by atoms with Gasteiger partial charge in [-0.05, 0) is 19.1 Å². The van der Waals surface area contributed by atoms with Crippen molar-refractivity contribution in [3.8, 4) is 5.75 Å². The lowest BCUT2D eigenvalue weighted by Gasteiger charge is -2.10. The largest absolute Gasteiger partial charge is 0.487 e. The van der Waals surface area contributed by atoms with Gasteiger partial charge in [0.15, 0.2) is 0 Å². The molecular weight excluding hydrogens is 254 g/mol. The highest BCUT2D eigenvalue weighted by Crippen LogP contribution is 2.40. The lowest BCUT2D eigenvalue weighted by molar-refractivity contribution is 0.133. The molecule has 90 valence electrons. The summed E-state index contributed by atoms with van der Waals surface area (Å²) >= 11 is 6.39. The maximum absolute atomic E-state index is 9.04. The van der Waals surface area contributed by atoms with E-state index in [1.807, 2.05) is 31.2 Å². The van der Waals surface area contributed by atoms with Gasteiger partial charge in [-0.1, -0.05) is 24.4 Å². The van der Waals surface area contributed by atoms with Gasteiger partial charge in [0.1, 0.15) is 12.4 Å². The van der Waals surface area contributed by atoms with Gasteiger partial charge in [-0.15, -0.1) is 11.3 Å². The molecule has 1 atom stereocenters. The van der Waals surface area contributed by atoms with Crippen LogP contribution in [-0.2, 0) is 0 Å². The zero-order valence-corrected chi connectivity index (χ0v) is 11.0. The minimum Gasteiger partial charge on any atom is -0.487 e. The van der Waals surface area contributed by atoms with Gasteiger partial charge in [0.25, 0.3) is 0 Å². The van der Waals surface area contributed by atoms with Gasteiger partial charge in [-0.2, -0.15) is 5.48 Å². The second-order valence-corrected chi connectivity index (χ2v) is 5.04. The summed E-state index contributed by atoms with van der Waals surface area (Å²) < 4.78 is 6.80. The number of ether oxygens (including phenoxy) is 1. The average Bonchev–Trinajstić information content (AvgIpc) is 2.74. The van der Waals surface area contributed by atoms with E-state index in [0.29, 0.717) is 6.61 Å². The highest BCUT2D eigenvalue weighted by Gasteiger charge is 2.17. The topological polar surface area (TPSA) is 41.5 Å². The summed E-state index contributed by atoms with van der Waals surface area (Å²) in [4.78, 5) is 0.977. The van der Waals surface area contributed by atoms with Gasteiger partial charge in [0, 0.05) is 15.5 Å². The third-order valence-electron chi connectivity index (χ3n) is 2.46. The Kier molecular flexibility index (Phi) is 4.06. The van der Waals surface area contributed by atoms with E-state index in [9.17, 15) is 0 Å². The van der Waals surface area contributed by atoms with Gasteiger partial charge in [0.05, 0.1) is 10.9 Å². The number of hydrogen-bond donors (Lipinski definition) is 2. The Labute approximate surface area is 109 Å². The van der Waals surface area contributed by atoms with E-state index in [4.69, 9.17) is 22.2 Å². The van der Waals surface area contributed by atoms with Gasteiger partial charge in [0.2, 0.25) is 0 Å². The van der Waals surface area contributed by atoms with Crippen LogP contribution in [-0.4, -0.2) is 17.2 Å². The third kappa shape index (κ3) is 2.47. The Balaban J connectivity index is 2.52. The van der Waals surface area contributed by atoms with E-state index in [0.717, 1.165) is 20.7 Å². The number of fused-ring (bicyclic) bond motifs is 1. The second-order valence-electron chi connectivity index (χ2n) is 3.62. The fourth-order valence-corrected chi connectivity index (χ4v) is 2.86. The number of rotatable bonds is 5. The monoisotopic (exact) mass is 267 g/mol. The minimum atomic E-state index is -0.160. The van der Waals surface area contributed by atoms with Crippen molar-refractivity contribution in [1.29, 1.82) is 0 Å². The first-order chi connectivity index (χ1) is 8.27. The molecule has 3 nitrogen and oxygen atoms in total. The highest BCUT2D eigenvalue weighted by molar-refractivity contribution is 7.79. The molecule has 17 heavy (non-hydrogen) atoms. The number of thiocarbonyl (C=S) groups is 1. The molecule has 1 aromatic heterocycles. The third-order valence-corrected chi connectivity index (χ3v) is 3.93. The molecule has 0 aliphatic carbocycles. The molecule has 5 heteroatoms. The average molecular weight is 267 g/mol. The number of thiophene rings is 1. The summed E-state index contributed by atoms with van der Waals surface area (Å²) in [5.41, 5.74) is 2.25. The van der Waals surface area contributed by atoms with Crippen LogP contribution in [0.3, 0.4) is 0 Å². The van der Waals surface area contributed by atoms with Crippen molar-refractivity contribution in [3.63, 3.8) is 0 Å². The fraction of sp³-hybridized carbons (Fsp3) is 0.250. The first-order valence-corrected chi connectivity index (χ1v) is 6.54. The molecule has 1 aromatic carbocycles. The molecule has 0 radical (unpaired) electrons. The van der Waals surface area contributed by atoms with E-state index in [-0.39, 0.29) is 6.04 Å². The van der Waals surface area contributed by atoms with Crippen molar-refractivity contribution in [2.45, 2.75) is 13.0 Å². The lowest BCUT2D eigenvalue weighted by atomic mass is 10.2. The summed E-state index contributed by atoms with van der Waals surface area (Å²) in [6, 6.07) is 7.85. The van der Waals surface area contributed by atoms with Crippen LogP contribution in [0.15, 0.2) is 24.3 Å².